The van der Waals surface area contributed by atoms with Crippen molar-refractivity contribution >= 4 is 27.3 Å². The molecular weight excluding hydrogens is 320 g/mol. The molecule has 0 aliphatic carbocycles. The Hall–Kier alpha value is -0.710. The third-order valence-corrected chi connectivity index (χ3v) is 5.04. The van der Waals surface area contributed by atoms with Crippen LogP contribution < -0.4 is 5.73 Å². The fraction of sp³-hybridized carbons (Fsp3) is 0.400. The van der Waals surface area contributed by atoms with E-state index in [0.29, 0.717) is 6.54 Å². The minimum absolute atomic E-state index is 0.146. The zero-order valence-corrected chi connectivity index (χ0v) is 14.2. The van der Waals surface area contributed by atoms with E-state index in [1.807, 2.05) is 0 Å². The van der Waals surface area contributed by atoms with Crippen LogP contribution in [0.3, 0.4) is 0 Å². The number of nitrogens with zero attached hydrogens (tertiary/aromatic N) is 1. The lowest BCUT2D eigenvalue weighted by Gasteiger charge is -2.20. The Morgan fingerprint density at radius 1 is 1.32 bits per heavy atom. The molecule has 0 aliphatic rings. The molecule has 102 valence electrons. The van der Waals surface area contributed by atoms with Crippen LogP contribution in [0.4, 0.5) is 0 Å². The quantitative estimate of drug-likeness (QED) is 0.866. The number of halogens is 1. The highest BCUT2D eigenvalue weighted by atomic mass is 79.9. The molecule has 0 fully saturated rings. The Kier molecular flexibility index (Phi) is 4.14. The topological polar surface area (TPSA) is 38.9 Å². The number of hydrogen-bond donors (Lipinski definition) is 1. The predicted octanol–water partition coefficient (Wildman–Crippen LogP) is 4.64. The lowest BCUT2D eigenvalue weighted by atomic mass is 9.85. The van der Waals surface area contributed by atoms with Crippen LogP contribution in [-0.4, -0.2) is 4.98 Å². The molecule has 0 amide bonds. The second kappa shape index (κ2) is 5.35. The van der Waals surface area contributed by atoms with Crippen LogP contribution in [0.5, 0.6) is 0 Å². The van der Waals surface area contributed by atoms with Crippen molar-refractivity contribution in [3.05, 3.63) is 38.8 Å². The molecule has 4 heteroatoms. The van der Waals surface area contributed by atoms with Gasteiger partial charge in [-0.3, -0.25) is 0 Å². The van der Waals surface area contributed by atoms with Crippen LogP contribution in [-0.2, 0) is 12.0 Å². The molecule has 1 aromatic heterocycles. The van der Waals surface area contributed by atoms with E-state index in [9.17, 15) is 0 Å². The number of benzene rings is 1. The predicted molar refractivity (Wildman–Crippen MR) is 86.6 cm³/mol. The van der Waals surface area contributed by atoms with Gasteiger partial charge in [0.2, 0.25) is 0 Å². The van der Waals surface area contributed by atoms with Gasteiger partial charge in [-0.05, 0) is 45.5 Å². The maximum atomic E-state index is 5.69. The molecule has 19 heavy (non-hydrogen) atoms. The van der Waals surface area contributed by atoms with Gasteiger partial charge in [-0.15, -0.1) is 11.3 Å². The average Bonchev–Trinajstić information content (AvgIpc) is 2.69. The van der Waals surface area contributed by atoms with E-state index >= 15 is 0 Å². The fourth-order valence-corrected chi connectivity index (χ4v) is 3.51. The Morgan fingerprint density at radius 3 is 2.53 bits per heavy atom. The van der Waals surface area contributed by atoms with Gasteiger partial charge in [-0.2, -0.15) is 0 Å². The molecular formula is C15H19BrN2S. The highest BCUT2D eigenvalue weighted by Crippen LogP contribution is 2.35. The normalized spacial score (nSPS) is 11.9. The van der Waals surface area contributed by atoms with Crippen molar-refractivity contribution in [2.24, 2.45) is 5.73 Å². The molecule has 1 heterocycles. The van der Waals surface area contributed by atoms with Crippen molar-refractivity contribution in [1.82, 2.24) is 4.98 Å². The molecule has 0 radical (unpaired) electrons. The first kappa shape index (κ1) is 14.7. The zero-order valence-electron chi connectivity index (χ0n) is 11.7. The largest absolute Gasteiger partial charge is 0.325 e. The summed E-state index contributed by atoms with van der Waals surface area (Å²) < 4.78 is 1.03. The fourth-order valence-electron chi connectivity index (χ4n) is 1.89. The van der Waals surface area contributed by atoms with E-state index in [0.717, 1.165) is 14.5 Å². The molecule has 2 aromatic rings. The molecule has 1 aromatic carbocycles. The monoisotopic (exact) mass is 338 g/mol. The van der Waals surface area contributed by atoms with Gasteiger partial charge in [-0.1, -0.05) is 32.9 Å². The summed E-state index contributed by atoms with van der Waals surface area (Å²) in [6.07, 6.45) is 0. The summed E-state index contributed by atoms with van der Waals surface area (Å²) in [7, 11) is 0. The molecule has 0 bridgehead atoms. The van der Waals surface area contributed by atoms with Gasteiger partial charge in [-0.25, -0.2) is 4.98 Å². The number of rotatable bonds is 2. The van der Waals surface area contributed by atoms with Crippen molar-refractivity contribution in [1.29, 1.82) is 0 Å². The van der Waals surface area contributed by atoms with Crippen molar-refractivity contribution in [2.75, 3.05) is 0 Å². The van der Waals surface area contributed by atoms with Gasteiger partial charge < -0.3 is 5.73 Å². The van der Waals surface area contributed by atoms with Gasteiger partial charge in [0.1, 0.15) is 5.01 Å². The molecule has 2 nitrogen and oxygen atoms in total. The van der Waals surface area contributed by atoms with Crippen LogP contribution in [0.25, 0.3) is 10.6 Å². The van der Waals surface area contributed by atoms with Gasteiger partial charge >= 0.3 is 0 Å². The summed E-state index contributed by atoms with van der Waals surface area (Å²) >= 11 is 5.18. The molecule has 0 atom stereocenters. The molecule has 0 saturated heterocycles. The molecule has 0 spiro atoms. The smallest absolute Gasteiger partial charge is 0.125 e. The van der Waals surface area contributed by atoms with Crippen LogP contribution in [0.2, 0.25) is 0 Å². The summed E-state index contributed by atoms with van der Waals surface area (Å²) in [6.45, 7) is 9.27. The highest BCUT2D eigenvalue weighted by Gasteiger charge is 2.17. The Balaban J connectivity index is 2.54. The molecule has 0 aliphatic heterocycles. The van der Waals surface area contributed by atoms with E-state index in [1.54, 1.807) is 11.3 Å². The van der Waals surface area contributed by atoms with E-state index < -0.39 is 0 Å². The molecule has 2 N–H and O–H groups in total. The van der Waals surface area contributed by atoms with E-state index in [-0.39, 0.29) is 5.41 Å². The van der Waals surface area contributed by atoms with Gasteiger partial charge in [0.05, 0.1) is 9.48 Å². The zero-order chi connectivity index (χ0) is 14.2. The van der Waals surface area contributed by atoms with Crippen molar-refractivity contribution < 1.29 is 0 Å². The van der Waals surface area contributed by atoms with E-state index in [1.165, 1.54) is 16.7 Å². The van der Waals surface area contributed by atoms with E-state index in [4.69, 9.17) is 5.73 Å². The summed E-state index contributed by atoms with van der Waals surface area (Å²) in [5.74, 6) is 0. The first-order valence-electron chi connectivity index (χ1n) is 6.29. The molecule has 0 unspecified atom stereocenters. The van der Waals surface area contributed by atoms with Crippen molar-refractivity contribution in [3.8, 4) is 10.6 Å². The number of aryl methyl sites for hydroxylation is 1. The SMILES string of the molecule is Cc1ccc(C(C)(C)C)cc1-c1nc(CN)c(Br)s1. The Morgan fingerprint density at radius 2 is 2.00 bits per heavy atom. The van der Waals surface area contributed by atoms with Crippen LogP contribution in [0.1, 0.15) is 37.6 Å². The summed E-state index contributed by atoms with van der Waals surface area (Å²) in [5, 5.41) is 1.04. The van der Waals surface area contributed by atoms with Crippen LogP contribution in [0, 0.1) is 6.92 Å². The van der Waals surface area contributed by atoms with Crippen LogP contribution in [0.15, 0.2) is 22.0 Å². The van der Waals surface area contributed by atoms with Gasteiger partial charge in [0, 0.05) is 12.1 Å². The van der Waals surface area contributed by atoms with Crippen molar-refractivity contribution in [2.45, 2.75) is 39.7 Å². The Bertz CT molecular complexity index is 597. The third-order valence-electron chi connectivity index (χ3n) is 3.18. The minimum Gasteiger partial charge on any atom is -0.325 e. The first-order valence-corrected chi connectivity index (χ1v) is 7.90. The first-order chi connectivity index (χ1) is 8.82. The maximum Gasteiger partial charge on any atom is 0.125 e. The average molecular weight is 339 g/mol. The number of aromatic nitrogens is 1. The summed E-state index contributed by atoms with van der Waals surface area (Å²) in [6, 6.07) is 6.62. The lowest BCUT2D eigenvalue weighted by molar-refractivity contribution is 0.590. The summed E-state index contributed by atoms with van der Waals surface area (Å²) in [4.78, 5) is 4.63. The second-order valence-corrected chi connectivity index (χ2v) is 8.04. The maximum absolute atomic E-state index is 5.69. The van der Waals surface area contributed by atoms with Crippen molar-refractivity contribution in [3.63, 3.8) is 0 Å². The molecule has 2 rings (SSSR count). The number of hydrogen-bond acceptors (Lipinski definition) is 3. The third kappa shape index (κ3) is 3.07. The van der Waals surface area contributed by atoms with E-state index in [2.05, 4.69) is 66.8 Å². The lowest BCUT2D eigenvalue weighted by Crippen LogP contribution is -2.11. The Labute approximate surface area is 127 Å². The van der Waals surface area contributed by atoms with Gasteiger partial charge in [0.15, 0.2) is 0 Å². The highest BCUT2D eigenvalue weighted by molar-refractivity contribution is 9.11. The van der Waals surface area contributed by atoms with Crippen LogP contribution >= 0.6 is 27.3 Å². The van der Waals surface area contributed by atoms with Gasteiger partial charge in [0.25, 0.3) is 0 Å². The number of nitrogens with two attached hydrogens (primary N) is 1. The minimum atomic E-state index is 0.146. The standard InChI is InChI=1S/C15H19BrN2S/c1-9-5-6-10(15(2,3)4)7-11(9)14-18-12(8-17)13(16)19-14/h5-7H,8,17H2,1-4H3. The molecule has 0 saturated carbocycles. The second-order valence-electron chi connectivity index (χ2n) is 5.72. The number of thiazole rings is 1. The summed E-state index contributed by atoms with van der Waals surface area (Å²) in [5.41, 5.74) is 10.6.